The van der Waals surface area contributed by atoms with E-state index in [1.807, 2.05) is 0 Å². The van der Waals surface area contributed by atoms with Crippen LogP contribution in [0.15, 0.2) is 58.4 Å². The van der Waals surface area contributed by atoms with Crippen molar-refractivity contribution in [2.45, 2.75) is 13.2 Å². The van der Waals surface area contributed by atoms with Gasteiger partial charge >= 0.3 is 5.69 Å². The van der Waals surface area contributed by atoms with E-state index in [-0.39, 0.29) is 24.7 Å². The Morgan fingerprint density at radius 1 is 1.41 bits per heavy atom. The van der Waals surface area contributed by atoms with Gasteiger partial charge in [0.1, 0.15) is 31.4 Å². The first-order valence-electron chi connectivity index (χ1n) is 9.10. The van der Waals surface area contributed by atoms with E-state index in [0.29, 0.717) is 27.1 Å². The third-order valence-electron chi connectivity index (χ3n) is 4.12. The van der Waals surface area contributed by atoms with Crippen molar-refractivity contribution in [1.82, 2.24) is 15.2 Å². The predicted octanol–water partition coefficient (Wildman–Crippen LogP) is 3.43. The normalized spacial score (nSPS) is 10.8. The van der Waals surface area contributed by atoms with Gasteiger partial charge in [-0.3, -0.25) is 19.6 Å². The number of hydrogen-bond acceptors (Lipinski definition) is 7. The van der Waals surface area contributed by atoms with Crippen molar-refractivity contribution in [1.29, 1.82) is 0 Å². The Hall–Kier alpha value is -3.80. The zero-order valence-corrected chi connectivity index (χ0v) is 18.3. The van der Waals surface area contributed by atoms with Crippen LogP contribution in [0.25, 0.3) is 0 Å². The van der Waals surface area contributed by atoms with E-state index in [1.54, 1.807) is 30.3 Å². The standard InChI is InChI=1S/C20H17BrFN5O5/c1-31-18-7-13(6-16(21)20(18)32-12-14-4-2-3-5-17(14)22)8-23-25-19(28)11-26-10-15(9-24-26)27(29)30/h2-10H,11-12H2,1H3,(H,25,28)/b23-8+. The smallest absolute Gasteiger partial charge is 0.307 e. The quantitative estimate of drug-likeness (QED) is 0.270. The molecular formula is C20H17BrFN5O5. The average molecular weight is 506 g/mol. The van der Waals surface area contributed by atoms with E-state index in [0.717, 1.165) is 17.1 Å². The van der Waals surface area contributed by atoms with E-state index in [4.69, 9.17) is 9.47 Å². The summed E-state index contributed by atoms with van der Waals surface area (Å²) >= 11 is 3.40. The molecule has 0 bridgehead atoms. The van der Waals surface area contributed by atoms with Crippen LogP contribution in [0, 0.1) is 15.9 Å². The Kier molecular flexibility index (Phi) is 7.49. The van der Waals surface area contributed by atoms with Crippen LogP contribution in [0.5, 0.6) is 11.5 Å². The second kappa shape index (κ2) is 10.5. The van der Waals surface area contributed by atoms with Crippen LogP contribution in [0.4, 0.5) is 10.1 Å². The van der Waals surface area contributed by atoms with E-state index in [2.05, 4.69) is 31.6 Å². The van der Waals surface area contributed by atoms with Gasteiger partial charge in [0.2, 0.25) is 0 Å². The number of hydrazone groups is 1. The second-order valence-electron chi connectivity index (χ2n) is 6.36. The maximum absolute atomic E-state index is 13.8. The Bertz CT molecular complexity index is 1170. The third-order valence-corrected chi connectivity index (χ3v) is 4.71. The zero-order chi connectivity index (χ0) is 23.1. The number of amides is 1. The lowest BCUT2D eigenvalue weighted by Gasteiger charge is -2.14. The van der Waals surface area contributed by atoms with Gasteiger partial charge in [-0.1, -0.05) is 18.2 Å². The molecule has 0 spiro atoms. The van der Waals surface area contributed by atoms with Gasteiger partial charge in [-0.2, -0.15) is 10.2 Å². The number of nitrogens with zero attached hydrogens (tertiary/aromatic N) is 4. The molecule has 0 aliphatic rings. The Labute approximate surface area is 189 Å². The number of hydrogen-bond donors (Lipinski definition) is 1. The van der Waals surface area contributed by atoms with Gasteiger partial charge in [0, 0.05) is 5.56 Å². The van der Waals surface area contributed by atoms with Crippen molar-refractivity contribution < 1.29 is 23.6 Å². The van der Waals surface area contributed by atoms with Crippen LogP contribution < -0.4 is 14.9 Å². The number of nitro groups is 1. The van der Waals surface area contributed by atoms with Crippen molar-refractivity contribution in [3.63, 3.8) is 0 Å². The first kappa shape index (κ1) is 22.9. The summed E-state index contributed by atoms with van der Waals surface area (Å²) in [6, 6.07) is 9.61. The van der Waals surface area contributed by atoms with Crippen LogP contribution in [0.3, 0.4) is 0 Å². The SMILES string of the molecule is COc1cc(/C=N/NC(=O)Cn2cc([N+](=O)[O-])cn2)cc(Br)c1OCc1ccccc1F. The molecule has 0 aliphatic carbocycles. The highest BCUT2D eigenvalue weighted by molar-refractivity contribution is 9.10. The summed E-state index contributed by atoms with van der Waals surface area (Å²) in [6.45, 7) is -0.224. The molecule has 0 atom stereocenters. The van der Waals surface area contributed by atoms with Gasteiger partial charge in [-0.15, -0.1) is 0 Å². The summed E-state index contributed by atoms with van der Waals surface area (Å²) in [5.41, 5.74) is 3.09. The zero-order valence-electron chi connectivity index (χ0n) is 16.7. The summed E-state index contributed by atoms with van der Waals surface area (Å²) in [6.07, 6.45) is 3.58. The number of methoxy groups -OCH3 is 1. The molecule has 0 aliphatic heterocycles. The molecule has 166 valence electrons. The Morgan fingerprint density at radius 2 is 2.19 bits per heavy atom. The molecule has 0 saturated heterocycles. The molecule has 1 aromatic heterocycles. The molecular weight excluding hydrogens is 489 g/mol. The van der Waals surface area contributed by atoms with Gasteiger partial charge in [-0.05, 0) is 39.7 Å². The molecule has 0 radical (unpaired) electrons. The van der Waals surface area contributed by atoms with Gasteiger partial charge in [0.05, 0.1) is 22.7 Å². The van der Waals surface area contributed by atoms with Crippen LogP contribution in [-0.4, -0.2) is 33.9 Å². The minimum Gasteiger partial charge on any atom is -0.493 e. The van der Waals surface area contributed by atoms with Crippen molar-refractivity contribution >= 4 is 33.7 Å². The molecule has 0 unspecified atom stereocenters. The topological polar surface area (TPSA) is 121 Å². The number of ether oxygens (including phenoxy) is 2. The molecule has 1 amide bonds. The summed E-state index contributed by atoms with van der Waals surface area (Å²) < 4.78 is 26.6. The predicted molar refractivity (Wildman–Crippen MR) is 116 cm³/mol. The third kappa shape index (κ3) is 5.88. The number of carbonyl (C=O) groups excluding carboxylic acids is 1. The number of carbonyl (C=O) groups is 1. The molecule has 32 heavy (non-hydrogen) atoms. The highest BCUT2D eigenvalue weighted by Gasteiger charge is 2.13. The van der Waals surface area contributed by atoms with Gasteiger partial charge in [-0.25, -0.2) is 9.82 Å². The van der Waals surface area contributed by atoms with E-state index in [9.17, 15) is 19.3 Å². The van der Waals surface area contributed by atoms with Crippen molar-refractivity contribution in [3.8, 4) is 11.5 Å². The van der Waals surface area contributed by atoms with Crippen LogP contribution in [0.1, 0.15) is 11.1 Å². The average Bonchev–Trinajstić information content (AvgIpc) is 3.22. The maximum atomic E-state index is 13.8. The first-order chi connectivity index (χ1) is 15.4. The van der Waals surface area contributed by atoms with Gasteiger partial charge in [0.15, 0.2) is 11.5 Å². The monoisotopic (exact) mass is 505 g/mol. The van der Waals surface area contributed by atoms with Crippen molar-refractivity contribution in [3.05, 3.63) is 80.3 Å². The lowest BCUT2D eigenvalue weighted by atomic mass is 10.2. The van der Waals surface area contributed by atoms with Crippen molar-refractivity contribution in [2.75, 3.05) is 7.11 Å². The van der Waals surface area contributed by atoms with E-state index >= 15 is 0 Å². The van der Waals surface area contributed by atoms with E-state index < -0.39 is 10.8 Å². The lowest BCUT2D eigenvalue weighted by Crippen LogP contribution is -2.23. The number of halogens is 2. The lowest BCUT2D eigenvalue weighted by molar-refractivity contribution is -0.385. The molecule has 3 aromatic rings. The van der Waals surface area contributed by atoms with Crippen LogP contribution >= 0.6 is 15.9 Å². The minimum absolute atomic E-state index is 0.0106. The summed E-state index contributed by atoms with van der Waals surface area (Å²) in [7, 11) is 1.46. The molecule has 1 N–H and O–H groups in total. The second-order valence-corrected chi connectivity index (χ2v) is 7.21. The molecule has 10 nitrogen and oxygen atoms in total. The molecule has 0 fully saturated rings. The minimum atomic E-state index is -0.603. The highest BCUT2D eigenvalue weighted by atomic mass is 79.9. The number of rotatable bonds is 9. The molecule has 3 rings (SSSR count). The summed E-state index contributed by atoms with van der Waals surface area (Å²) in [5, 5.41) is 18.2. The fourth-order valence-corrected chi connectivity index (χ4v) is 3.19. The largest absolute Gasteiger partial charge is 0.493 e. The molecule has 2 aromatic carbocycles. The Balaban J connectivity index is 1.63. The maximum Gasteiger partial charge on any atom is 0.307 e. The van der Waals surface area contributed by atoms with Crippen LogP contribution in [-0.2, 0) is 17.9 Å². The molecule has 0 saturated carbocycles. The van der Waals surface area contributed by atoms with Crippen LogP contribution in [0.2, 0.25) is 0 Å². The molecule has 12 heteroatoms. The van der Waals surface area contributed by atoms with Gasteiger partial charge in [0.25, 0.3) is 5.91 Å². The van der Waals surface area contributed by atoms with Crippen molar-refractivity contribution in [2.24, 2.45) is 5.10 Å². The van der Waals surface area contributed by atoms with Gasteiger partial charge < -0.3 is 9.47 Å². The summed E-state index contributed by atoms with van der Waals surface area (Å²) in [5.74, 6) is -0.119. The number of nitrogens with one attached hydrogen (secondary N) is 1. The fraction of sp³-hybridized carbons (Fsp3) is 0.150. The number of benzene rings is 2. The molecule has 1 heterocycles. The number of aromatic nitrogens is 2. The summed E-state index contributed by atoms with van der Waals surface area (Å²) in [4.78, 5) is 22.0. The first-order valence-corrected chi connectivity index (χ1v) is 9.89. The highest BCUT2D eigenvalue weighted by Crippen LogP contribution is 2.37. The van der Waals surface area contributed by atoms with E-state index in [1.165, 1.54) is 19.4 Å². The fourth-order valence-electron chi connectivity index (χ4n) is 2.61. The Morgan fingerprint density at radius 3 is 2.88 bits per heavy atom.